The number of hydrogen-bond acceptors (Lipinski definition) is 2. The number of rotatable bonds is 3. The summed E-state index contributed by atoms with van der Waals surface area (Å²) in [5.41, 5.74) is 2.60. The molecular formula is C14H14ClIN2O. The van der Waals surface area contributed by atoms with Crippen molar-refractivity contribution in [1.82, 2.24) is 9.97 Å². The second-order valence-electron chi connectivity index (χ2n) is 4.39. The van der Waals surface area contributed by atoms with Gasteiger partial charge in [0.05, 0.1) is 9.26 Å². The molecular weight excluding hydrogens is 375 g/mol. The van der Waals surface area contributed by atoms with Gasteiger partial charge in [0.15, 0.2) is 0 Å². The summed E-state index contributed by atoms with van der Waals surface area (Å²) in [5.74, 6) is 0.579. The molecule has 0 aliphatic carbocycles. The molecule has 0 fully saturated rings. The summed E-state index contributed by atoms with van der Waals surface area (Å²) in [6.07, 6.45) is 1.76. The van der Waals surface area contributed by atoms with Gasteiger partial charge in [-0.2, -0.15) is 0 Å². The highest BCUT2D eigenvalue weighted by Crippen LogP contribution is 2.23. The van der Waals surface area contributed by atoms with Crippen molar-refractivity contribution < 1.29 is 0 Å². The standard InChI is InChI=1S/C14H14ClIN2O/c1-3-4-11-12(16)14(19)18-13(17-11)9-6-5-8(2)10(15)7-9/h5-7H,3-4H2,1-2H3,(H,17,18,19). The van der Waals surface area contributed by atoms with Crippen LogP contribution in [-0.2, 0) is 6.42 Å². The summed E-state index contributed by atoms with van der Waals surface area (Å²) in [6.45, 7) is 4.01. The fourth-order valence-electron chi connectivity index (χ4n) is 1.78. The van der Waals surface area contributed by atoms with Crippen LogP contribution in [0.25, 0.3) is 11.4 Å². The summed E-state index contributed by atoms with van der Waals surface area (Å²) in [6, 6.07) is 5.68. The minimum atomic E-state index is -0.0919. The Morgan fingerprint density at radius 1 is 1.42 bits per heavy atom. The highest BCUT2D eigenvalue weighted by atomic mass is 127. The molecule has 0 saturated carbocycles. The van der Waals surface area contributed by atoms with Crippen molar-refractivity contribution in [1.29, 1.82) is 0 Å². The lowest BCUT2D eigenvalue weighted by molar-refractivity contribution is 0.860. The molecule has 0 atom stereocenters. The maximum Gasteiger partial charge on any atom is 0.264 e. The molecule has 0 radical (unpaired) electrons. The van der Waals surface area contributed by atoms with E-state index in [1.165, 1.54) is 0 Å². The molecule has 100 valence electrons. The molecule has 1 heterocycles. The van der Waals surface area contributed by atoms with Gasteiger partial charge in [-0.05, 0) is 47.6 Å². The molecule has 3 nitrogen and oxygen atoms in total. The van der Waals surface area contributed by atoms with E-state index in [4.69, 9.17) is 11.6 Å². The Morgan fingerprint density at radius 3 is 2.79 bits per heavy atom. The van der Waals surface area contributed by atoms with E-state index in [0.29, 0.717) is 14.4 Å². The second-order valence-corrected chi connectivity index (χ2v) is 5.88. The number of halogens is 2. The second kappa shape index (κ2) is 6.05. The SMILES string of the molecule is CCCc1nc(-c2ccc(C)c(Cl)c2)[nH]c(=O)c1I. The van der Waals surface area contributed by atoms with Crippen LogP contribution in [0.1, 0.15) is 24.6 Å². The van der Waals surface area contributed by atoms with Crippen LogP contribution in [-0.4, -0.2) is 9.97 Å². The molecule has 0 aliphatic rings. The van der Waals surface area contributed by atoms with Crippen LogP contribution in [0.2, 0.25) is 5.02 Å². The van der Waals surface area contributed by atoms with Gasteiger partial charge in [-0.1, -0.05) is 37.1 Å². The van der Waals surface area contributed by atoms with Crippen molar-refractivity contribution >= 4 is 34.2 Å². The average Bonchev–Trinajstić information content (AvgIpc) is 2.38. The van der Waals surface area contributed by atoms with Crippen LogP contribution in [0.15, 0.2) is 23.0 Å². The van der Waals surface area contributed by atoms with Crippen LogP contribution in [0, 0.1) is 10.5 Å². The van der Waals surface area contributed by atoms with Gasteiger partial charge in [-0.25, -0.2) is 4.98 Å². The van der Waals surface area contributed by atoms with Gasteiger partial charge in [0.1, 0.15) is 5.82 Å². The number of benzene rings is 1. The predicted molar refractivity (Wildman–Crippen MR) is 86.8 cm³/mol. The van der Waals surface area contributed by atoms with Crippen LogP contribution < -0.4 is 5.56 Å². The summed E-state index contributed by atoms with van der Waals surface area (Å²) < 4.78 is 0.668. The van der Waals surface area contributed by atoms with Crippen LogP contribution in [0.3, 0.4) is 0 Å². The number of hydrogen-bond donors (Lipinski definition) is 1. The molecule has 5 heteroatoms. The Hall–Kier alpha value is -0.880. The first kappa shape index (κ1) is 14.5. The molecule has 0 bridgehead atoms. The van der Waals surface area contributed by atoms with Crippen LogP contribution in [0.5, 0.6) is 0 Å². The summed E-state index contributed by atoms with van der Waals surface area (Å²) >= 11 is 8.16. The number of nitrogens with zero attached hydrogens (tertiary/aromatic N) is 1. The zero-order valence-corrected chi connectivity index (χ0v) is 13.7. The zero-order chi connectivity index (χ0) is 14.0. The topological polar surface area (TPSA) is 45.8 Å². The molecule has 1 aromatic carbocycles. The van der Waals surface area contributed by atoms with E-state index in [1.807, 2.05) is 47.7 Å². The Bertz CT molecular complexity index is 667. The van der Waals surface area contributed by atoms with E-state index in [9.17, 15) is 4.79 Å². The van der Waals surface area contributed by atoms with Gasteiger partial charge < -0.3 is 4.98 Å². The third-order valence-corrected chi connectivity index (χ3v) is 4.38. The number of aryl methyl sites for hydroxylation is 2. The third kappa shape index (κ3) is 3.17. The Labute approximate surface area is 130 Å². The number of aromatic nitrogens is 2. The first-order valence-corrected chi connectivity index (χ1v) is 7.53. The first-order chi connectivity index (χ1) is 9.02. The van der Waals surface area contributed by atoms with Gasteiger partial charge in [-0.15, -0.1) is 0 Å². The third-order valence-electron chi connectivity index (χ3n) is 2.86. The normalized spacial score (nSPS) is 10.7. The Kier molecular flexibility index (Phi) is 4.62. The number of aromatic amines is 1. The van der Waals surface area contributed by atoms with E-state index in [2.05, 4.69) is 16.9 Å². The largest absolute Gasteiger partial charge is 0.306 e. The molecule has 0 spiro atoms. The van der Waals surface area contributed by atoms with Gasteiger partial charge in [0.25, 0.3) is 5.56 Å². The molecule has 1 N–H and O–H groups in total. The quantitative estimate of drug-likeness (QED) is 0.809. The fourth-order valence-corrected chi connectivity index (χ4v) is 2.49. The molecule has 0 aliphatic heterocycles. The van der Waals surface area contributed by atoms with Crippen molar-refractivity contribution in [2.24, 2.45) is 0 Å². The van der Waals surface area contributed by atoms with E-state index < -0.39 is 0 Å². The Morgan fingerprint density at radius 2 is 2.16 bits per heavy atom. The monoisotopic (exact) mass is 388 g/mol. The molecule has 0 amide bonds. The molecule has 2 rings (SSSR count). The number of H-pyrrole nitrogens is 1. The zero-order valence-electron chi connectivity index (χ0n) is 10.8. The highest BCUT2D eigenvalue weighted by molar-refractivity contribution is 14.1. The maximum absolute atomic E-state index is 11.9. The van der Waals surface area contributed by atoms with Crippen molar-refractivity contribution in [2.75, 3.05) is 0 Å². The van der Waals surface area contributed by atoms with Gasteiger partial charge in [0, 0.05) is 10.6 Å². The van der Waals surface area contributed by atoms with Crippen molar-refractivity contribution in [3.63, 3.8) is 0 Å². The van der Waals surface area contributed by atoms with Crippen LogP contribution >= 0.6 is 34.2 Å². The van der Waals surface area contributed by atoms with E-state index in [-0.39, 0.29) is 5.56 Å². The van der Waals surface area contributed by atoms with Gasteiger partial charge >= 0.3 is 0 Å². The fraction of sp³-hybridized carbons (Fsp3) is 0.286. The first-order valence-electron chi connectivity index (χ1n) is 6.08. The summed E-state index contributed by atoms with van der Waals surface area (Å²) in [5, 5.41) is 0.677. The summed E-state index contributed by atoms with van der Waals surface area (Å²) in [7, 11) is 0. The Balaban J connectivity index is 2.56. The van der Waals surface area contributed by atoms with Gasteiger partial charge in [0.2, 0.25) is 0 Å². The molecule has 0 unspecified atom stereocenters. The van der Waals surface area contributed by atoms with E-state index in [0.717, 1.165) is 29.7 Å². The van der Waals surface area contributed by atoms with E-state index in [1.54, 1.807) is 0 Å². The lowest BCUT2D eigenvalue weighted by Crippen LogP contribution is -2.16. The lowest BCUT2D eigenvalue weighted by Gasteiger charge is -2.07. The maximum atomic E-state index is 11.9. The minimum absolute atomic E-state index is 0.0919. The smallest absolute Gasteiger partial charge is 0.264 e. The molecule has 2 aromatic rings. The van der Waals surface area contributed by atoms with Gasteiger partial charge in [-0.3, -0.25) is 4.79 Å². The number of nitrogens with one attached hydrogen (secondary N) is 1. The average molecular weight is 389 g/mol. The summed E-state index contributed by atoms with van der Waals surface area (Å²) in [4.78, 5) is 19.3. The molecule has 0 saturated heterocycles. The predicted octanol–water partition coefficient (Wildman–Crippen LogP) is 3.96. The molecule has 1 aromatic heterocycles. The van der Waals surface area contributed by atoms with Crippen molar-refractivity contribution in [2.45, 2.75) is 26.7 Å². The van der Waals surface area contributed by atoms with Crippen LogP contribution in [0.4, 0.5) is 0 Å². The van der Waals surface area contributed by atoms with Crippen molar-refractivity contribution in [3.8, 4) is 11.4 Å². The lowest BCUT2D eigenvalue weighted by atomic mass is 10.1. The minimum Gasteiger partial charge on any atom is -0.306 e. The molecule has 19 heavy (non-hydrogen) atoms. The van der Waals surface area contributed by atoms with Crippen molar-refractivity contribution in [3.05, 3.63) is 48.4 Å². The highest BCUT2D eigenvalue weighted by Gasteiger charge is 2.10. The van der Waals surface area contributed by atoms with E-state index >= 15 is 0 Å².